The Morgan fingerprint density at radius 3 is 2.97 bits per heavy atom. The van der Waals surface area contributed by atoms with Crippen LogP contribution in [0.2, 0.25) is 5.02 Å². The standard InChI is InChI=1S/C21H14ClFN2O4/c22-15-5-4-10(23)6-12(15)19-18-11(20(26)25-19)2-1-3-16(18)24-21(27)14-8-29-17-9-28-7-13(14)17/h1-6,8,19H,7,9H2,(H,24,27)(H,25,26). The molecule has 2 aliphatic rings. The highest BCUT2D eigenvalue weighted by atomic mass is 35.5. The SMILES string of the molecule is O=C(Nc1cccc2c1C(c1cc(F)ccc1Cl)NC2=O)c1coc2c1COC2. The molecule has 5 rings (SSSR count). The molecule has 2 N–H and O–H groups in total. The summed E-state index contributed by atoms with van der Waals surface area (Å²) in [6.07, 6.45) is 1.40. The van der Waals surface area contributed by atoms with Crippen molar-refractivity contribution in [2.75, 3.05) is 5.32 Å². The second-order valence-electron chi connectivity index (χ2n) is 6.84. The minimum Gasteiger partial charge on any atom is -0.466 e. The lowest BCUT2D eigenvalue weighted by Crippen LogP contribution is -2.21. The van der Waals surface area contributed by atoms with Crippen molar-refractivity contribution in [2.45, 2.75) is 19.3 Å². The molecule has 8 heteroatoms. The molecule has 146 valence electrons. The fraction of sp³-hybridized carbons (Fsp3) is 0.143. The van der Waals surface area contributed by atoms with Crippen molar-refractivity contribution >= 4 is 29.1 Å². The second-order valence-corrected chi connectivity index (χ2v) is 7.24. The summed E-state index contributed by atoms with van der Waals surface area (Å²) in [6, 6.07) is 8.29. The fourth-order valence-electron chi connectivity index (χ4n) is 3.76. The van der Waals surface area contributed by atoms with E-state index in [-0.39, 0.29) is 11.8 Å². The van der Waals surface area contributed by atoms with Crippen LogP contribution in [0.3, 0.4) is 0 Å². The van der Waals surface area contributed by atoms with E-state index in [4.69, 9.17) is 20.8 Å². The minimum absolute atomic E-state index is 0.309. The van der Waals surface area contributed by atoms with Crippen molar-refractivity contribution in [3.05, 3.63) is 87.1 Å². The van der Waals surface area contributed by atoms with Crippen molar-refractivity contribution in [3.8, 4) is 0 Å². The summed E-state index contributed by atoms with van der Waals surface area (Å²) in [4.78, 5) is 25.3. The number of amides is 2. The molecular weight excluding hydrogens is 399 g/mol. The van der Waals surface area contributed by atoms with E-state index in [1.165, 1.54) is 24.5 Å². The molecule has 0 saturated heterocycles. The maximum absolute atomic E-state index is 13.8. The van der Waals surface area contributed by atoms with Gasteiger partial charge in [-0.3, -0.25) is 9.59 Å². The normalized spacial score (nSPS) is 17.0. The maximum atomic E-state index is 13.8. The minimum atomic E-state index is -0.685. The first-order valence-corrected chi connectivity index (χ1v) is 9.28. The maximum Gasteiger partial charge on any atom is 0.259 e. The van der Waals surface area contributed by atoms with Gasteiger partial charge in [-0.25, -0.2) is 4.39 Å². The van der Waals surface area contributed by atoms with Crippen LogP contribution >= 0.6 is 11.6 Å². The van der Waals surface area contributed by atoms with E-state index in [0.717, 1.165) is 0 Å². The van der Waals surface area contributed by atoms with Gasteiger partial charge in [-0.05, 0) is 30.3 Å². The van der Waals surface area contributed by atoms with Crippen molar-refractivity contribution in [1.82, 2.24) is 5.32 Å². The number of hydrogen-bond donors (Lipinski definition) is 2. The number of carbonyl (C=O) groups is 2. The number of halogens is 2. The van der Waals surface area contributed by atoms with Crippen LogP contribution in [0.4, 0.5) is 10.1 Å². The molecule has 29 heavy (non-hydrogen) atoms. The van der Waals surface area contributed by atoms with Crippen LogP contribution in [0.25, 0.3) is 0 Å². The Hall–Kier alpha value is -3.16. The summed E-state index contributed by atoms with van der Waals surface area (Å²) < 4.78 is 24.5. The predicted octanol–water partition coefficient (Wildman–Crippen LogP) is 4.19. The predicted molar refractivity (Wildman–Crippen MR) is 102 cm³/mol. The van der Waals surface area contributed by atoms with Crippen molar-refractivity contribution in [2.24, 2.45) is 0 Å². The number of carbonyl (C=O) groups excluding carboxylic acids is 2. The molecular formula is C21H14ClFN2O4. The van der Waals surface area contributed by atoms with Crippen molar-refractivity contribution < 1.29 is 23.1 Å². The molecule has 0 radical (unpaired) electrons. The molecule has 3 heterocycles. The van der Waals surface area contributed by atoms with Gasteiger partial charge in [0.25, 0.3) is 11.8 Å². The zero-order valence-electron chi connectivity index (χ0n) is 14.9. The summed E-state index contributed by atoms with van der Waals surface area (Å²) in [7, 11) is 0. The van der Waals surface area contributed by atoms with Gasteiger partial charge in [-0.15, -0.1) is 0 Å². The summed E-state index contributed by atoms with van der Waals surface area (Å²) in [5.41, 5.74) is 2.88. The Kier molecular flexibility index (Phi) is 4.15. The van der Waals surface area contributed by atoms with Crippen LogP contribution in [-0.2, 0) is 18.0 Å². The van der Waals surface area contributed by atoms with Crippen LogP contribution < -0.4 is 10.6 Å². The number of ether oxygens (including phenoxy) is 1. The second kappa shape index (κ2) is 6.72. The average molecular weight is 413 g/mol. The molecule has 0 bridgehead atoms. The fourth-order valence-corrected chi connectivity index (χ4v) is 3.99. The van der Waals surface area contributed by atoms with Crippen molar-refractivity contribution in [3.63, 3.8) is 0 Å². The first-order chi connectivity index (χ1) is 14.0. The lowest BCUT2D eigenvalue weighted by atomic mass is 9.96. The zero-order chi connectivity index (χ0) is 20.1. The summed E-state index contributed by atoms with van der Waals surface area (Å²) >= 11 is 6.26. The van der Waals surface area contributed by atoms with Crippen LogP contribution in [0.5, 0.6) is 0 Å². The molecule has 0 fully saturated rings. The molecule has 1 aromatic heterocycles. The molecule has 0 aliphatic carbocycles. The van der Waals surface area contributed by atoms with Gasteiger partial charge >= 0.3 is 0 Å². The molecule has 2 aliphatic heterocycles. The van der Waals surface area contributed by atoms with Gasteiger partial charge in [0.05, 0.1) is 18.2 Å². The molecule has 0 spiro atoms. The van der Waals surface area contributed by atoms with E-state index in [1.807, 2.05) is 0 Å². The number of rotatable bonds is 3. The van der Waals surface area contributed by atoms with E-state index in [1.54, 1.807) is 18.2 Å². The topological polar surface area (TPSA) is 80.6 Å². The Labute approximate surface area is 169 Å². The average Bonchev–Trinajstić information content (AvgIpc) is 3.39. The van der Waals surface area contributed by atoms with Gasteiger partial charge in [0.2, 0.25) is 0 Å². The van der Waals surface area contributed by atoms with Gasteiger partial charge in [0.1, 0.15) is 24.4 Å². The molecule has 3 aromatic rings. The van der Waals surface area contributed by atoms with Crippen LogP contribution in [-0.4, -0.2) is 11.8 Å². The molecule has 6 nitrogen and oxygen atoms in total. The summed E-state index contributed by atoms with van der Waals surface area (Å²) in [5, 5.41) is 5.97. The smallest absolute Gasteiger partial charge is 0.259 e. The summed E-state index contributed by atoms with van der Waals surface area (Å²) in [5.74, 6) is -0.534. The molecule has 2 amide bonds. The van der Waals surface area contributed by atoms with E-state index in [9.17, 15) is 14.0 Å². The molecule has 0 saturated carbocycles. The van der Waals surface area contributed by atoms with E-state index >= 15 is 0 Å². The zero-order valence-corrected chi connectivity index (χ0v) is 15.7. The van der Waals surface area contributed by atoms with Crippen LogP contribution in [0, 0.1) is 5.82 Å². The molecule has 1 unspecified atom stereocenters. The quantitative estimate of drug-likeness (QED) is 0.676. The molecule has 1 atom stereocenters. The number of hydrogen-bond acceptors (Lipinski definition) is 4. The lowest BCUT2D eigenvalue weighted by molar-refractivity contribution is 0.0959. The lowest BCUT2D eigenvalue weighted by Gasteiger charge is -2.18. The summed E-state index contributed by atoms with van der Waals surface area (Å²) in [6.45, 7) is 0.644. The van der Waals surface area contributed by atoms with Crippen molar-refractivity contribution in [1.29, 1.82) is 0 Å². The first-order valence-electron chi connectivity index (χ1n) is 8.90. The third-order valence-electron chi connectivity index (χ3n) is 5.14. The van der Waals surface area contributed by atoms with E-state index in [0.29, 0.717) is 57.5 Å². The molecule has 2 aromatic carbocycles. The number of anilines is 1. The van der Waals surface area contributed by atoms with E-state index < -0.39 is 11.9 Å². The van der Waals surface area contributed by atoms with Gasteiger partial charge in [0.15, 0.2) is 0 Å². The van der Waals surface area contributed by atoms with Gasteiger partial charge in [0, 0.05) is 33.0 Å². The van der Waals surface area contributed by atoms with Gasteiger partial charge in [-0.2, -0.15) is 0 Å². The largest absolute Gasteiger partial charge is 0.466 e. The van der Waals surface area contributed by atoms with Gasteiger partial charge < -0.3 is 19.8 Å². The Morgan fingerprint density at radius 2 is 2.10 bits per heavy atom. The van der Waals surface area contributed by atoms with E-state index in [2.05, 4.69) is 10.6 Å². The highest BCUT2D eigenvalue weighted by molar-refractivity contribution is 6.31. The highest BCUT2D eigenvalue weighted by Crippen LogP contribution is 2.39. The Balaban J connectivity index is 1.55. The Morgan fingerprint density at radius 1 is 1.24 bits per heavy atom. The van der Waals surface area contributed by atoms with Crippen LogP contribution in [0.15, 0.2) is 47.1 Å². The number of nitrogens with one attached hydrogen (secondary N) is 2. The number of fused-ring (bicyclic) bond motifs is 2. The van der Waals surface area contributed by atoms with Crippen LogP contribution in [0.1, 0.15) is 49.2 Å². The number of benzene rings is 2. The monoisotopic (exact) mass is 412 g/mol. The third-order valence-corrected chi connectivity index (χ3v) is 5.48. The highest BCUT2D eigenvalue weighted by Gasteiger charge is 2.34. The number of furan rings is 1. The Bertz CT molecular complexity index is 1170. The first kappa shape index (κ1) is 17.9. The van der Waals surface area contributed by atoms with Gasteiger partial charge in [-0.1, -0.05) is 17.7 Å². The third kappa shape index (κ3) is 2.90.